The number of anilines is 2. The van der Waals surface area contributed by atoms with Crippen molar-refractivity contribution in [3.05, 3.63) is 48.5 Å². The number of benzene rings is 2. The topological polar surface area (TPSA) is 90.4 Å². The van der Waals surface area contributed by atoms with Gasteiger partial charge >= 0.3 is 12.1 Å². The van der Waals surface area contributed by atoms with Crippen LogP contribution in [-0.2, 0) is 14.3 Å². The van der Waals surface area contributed by atoms with Crippen LogP contribution in [0.3, 0.4) is 0 Å². The van der Waals surface area contributed by atoms with E-state index in [1.807, 2.05) is 33.3 Å². The summed E-state index contributed by atoms with van der Waals surface area (Å²) in [4.78, 5) is 40.3. The number of hydrogen-bond acceptors (Lipinski definition) is 9. The van der Waals surface area contributed by atoms with Crippen molar-refractivity contribution in [3.8, 4) is 0 Å². The van der Waals surface area contributed by atoms with Crippen LogP contribution in [0.25, 0.3) is 0 Å². The first-order chi connectivity index (χ1) is 20.0. The van der Waals surface area contributed by atoms with Crippen LogP contribution in [0.1, 0.15) is 52.4 Å². The highest BCUT2D eigenvalue weighted by Gasteiger charge is 2.44. The highest BCUT2D eigenvalue weighted by molar-refractivity contribution is 8.77. The first-order valence-electron chi connectivity index (χ1n) is 14.3. The first-order valence-corrected chi connectivity index (χ1v) is 17.5. The predicted molar refractivity (Wildman–Crippen MR) is 175 cm³/mol. The van der Waals surface area contributed by atoms with Gasteiger partial charge in [0.25, 0.3) is 5.91 Å². The molecule has 5 rings (SSSR count). The summed E-state index contributed by atoms with van der Waals surface area (Å²) in [6, 6.07) is 17.4. The molecule has 2 aromatic rings. The zero-order valence-corrected chi connectivity index (χ0v) is 27.7. The lowest BCUT2D eigenvalue weighted by Crippen LogP contribution is -2.33. The number of ether oxygens (including phenoxy) is 1. The van der Waals surface area contributed by atoms with Gasteiger partial charge in [0.15, 0.2) is 5.60 Å². The van der Waals surface area contributed by atoms with Gasteiger partial charge in [-0.1, -0.05) is 64.0 Å². The second-order valence-electron chi connectivity index (χ2n) is 11.1. The van der Waals surface area contributed by atoms with Crippen molar-refractivity contribution < 1.29 is 24.2 Å². The van der Waals surface area contributed by atoms with E-state index in [9.17, 15) is 14.4 Å². The molecule has 3 aliphatic heterocycles. The predicted octanol–water partition coefficient (Wildman–Crippen LogP) is 7.40. The normalized spacial score (nSPS) is 18.4. The van der Waals surface area contributed by atoms with Gasteiger partial charge < -0.3 is 19.6 Å². The Kier molecular flexibility index (Phi) is 13.4. The zero-order valence-electron chi connectivity index (χ0n) is 25.2. The Morgan fingerprint density at radius 2 is 1.64 bits per heavy atom. The summed E-state index contributed by atoms with van der Waals surface area (Å²) < 4.78 is 4.71. The highest BCUT2D eigenvalue weighted by Crippen LogP contribution is 2.47. The van der Waals surface area contributed by atoms with Crippen LogP contribution in [0.5, 0.6) is 0 Å². The number of amides is 2. The SMILES string of the molecule is CN(C)CCCN1c2ccccc2Sc2ccccc21.CN1C(=O)OC(C)(C)C1=O.O=C(O)CCCC[C@@H]1CCSS1. The van der Waals surface area contributed by atoms with E-state index in [-0.39, 0.29) is 5.91 Å². The summed E-state index contributed by atoms with van der Waals surface area (Å²) in [5, 5.41) is 9.19. The van der Waals surface area contributed by atoms with Gasteiger partial charge in [0.1, 0.15) is 0 Å². The van der Waals surface area contributed by atoms with Gasteiger partial charge in [0.2, 0.25) is 0 Å². The Balaban J connectivity index is 0.000000188. The van der Waals surface area contributed by atoms with Crippen LogP contribution in [0.4, 0.5) is 16.2 Å². The van der Waals surface area contributed by atoms with Gasteiger partial charge in [-0.15, -0.1) is 0 Å². The molecule has 230 valence electrons. The van der Waals surface area contributed by atoms with E-state index in [1.54, 1.807) is 13.8 Å². The molecule has 1 N–H and O–H groups in total. The number of para-hydroxylation sites is 2. The lowest BCUT2D eigenvalue weighted by Gasteiger charge is -2.33. The molecule has 0 aromatic heterocycles. The van der Waals surface area contributed by atoms with Crippen LogP contribution in [0.2, 0.25) is 0 Å². The molecule has 2 amide bonds. The molecule has 0 bridgehead atoms. The molecule has 0 saturated carbocycles. The number of carbonyl (C=O) groups excluding carboxylic acids is 2. The minimum atomic E-state index is -0.966. The smallest absolute Gasteiger partial charge is 0.417 e. The van der Waals surface area contributed by atoms with E-state index < -0.39 is 17.7 Å². The molecule has 0 unspecified atom stereocenters. The Morgan fingerprint density at radius 3 is 2.10 bits per heavy atom. The third kappa shape index (κ3) is 10.1. The van der Waals surface area contributed by atoms with E-state index in [0.717, 1.165) is 36.1 Å². The van der Waals surface area contributed by atoms with Crippen molar-refractivity contribution in [2.45, 2.75) is 73.0 Å². The Hall–Kier alpha value is -2.34. The van der Waals surface area contributed by atoms with Crippen molar-refractivity contribution in [1.82, 2.24) is 9.80 Å². The quantitative estimate of drug-likeness (QED) is 0.223. The molecule has 0 aliphatic carbocycles. The fraction of sp³-hybridized carbons (Fsp3) is 0.516. The van der Waals surface area contributed by atoms with E-state index >= 15 is 0 Å². The molecule has 11 heteroatoms. The molecule has 3 heterocycles. The maximum absolute atomic E-state index is 11.0. The molecule has 0 spiro atoms. The van der Waals surface area contributed by atoms with Gasteiger partial charge in [-0.3, -0.25) is 9.59 Å². The molecular formula is C31H43N3O5S3. The molecule has 1 atom stereocenters. The minimum absolute atomic E-state index is 0.294. The Labute approximate surface area is 262 Å². The third-order valence-corrected chi connectivity index (χ3v) is 11.0. The Morgan fingerprint density at radius 1 is 1.02 bits per heavy atom. The number of aliphatic carboxylic acids is 1. The van der Waals surface area contributed by atoms with Gasteiger partial charge in [-0.2, -0.15) is 0 Å². The summed E-state index contributed by atoms with van der Waals surface area (Å²) in [5.74, 6) is 0.315. The number of imide groups is 1. The maximum Gasteiger partial charge on any atom is 0.417 e. The number of likely N-dealkylation sites (N-methyl/N-ethyl adjacent to an activating group) is 1. The lowest BCUT2D eigenvalue weighted by atomic mass is 10.1. The fourth-order valence-electron chi connectivity index (χ4n) is 4.60. The second kappa shape index (κ2) is 16.5. The summed E-state index contributed by atoms with van der Waals surface area (Å²) >= 11 is 1.87. The number of hydrogen-bond donors (Lipinski definition) is 1. The maximum atomic E-state index is 11.0. The molecule has 0 radical (unpaired) electrons. The highest BCUT2D eigenvalue weighted by atomic mass is 33.1. The van der Waals surface area contributed by atoms with E-state index in [1.165, 1.54) is 53.2 Å². The van der Waals surface area contributed by atoms with Crippen LogP contribution < -0.4 is 4.90 Å². The molecule has 3 aliphatic rings. The molecular weight excluding hydrogens is 591 g/mol. The van der Waals surface area contributed by atoms with Crippen LogP contribution in [0.15, 0.2) is 58.3 Å². The second-order valence-corrected chi connectivity index (χ2v) is 14.9. The van der Waals surface area contributed by atoms with Crippen LogP contribution in [-0.4, -0.2) is 83.7 Å². The number of cyclic esters (lactones) is 1. The molecule has 8 nitrogen and oxygen atoms in total. The molecule has 42 heavy (non-hydrogen) atoms. The van der Waals surface area contributed by atoms with E-state index in [2.05, 4.69) is 72.4 Å². The van der Waals surface area contributed by atoms with Gasteiger partial charge in [0.05, 0.1) is 11.4 Å². The standard InChI is InChI=1S/C17H20N2S.C8H14O2S2.C6H9NO3/c1-18(2)12-7-13-19-14-8-3-5-10-16(14)20-17-11-6-4-9-15(17)19;9-8(10)4-2-1-3-7-5-6-11-12-7;1-6(2)4(8)7(3)5(9)10-6/h3-6,8-11H,7,12-13H2,1-2H3;7H,1-6H2,(H,9,10);1-3H3/t;7-;/m.1./s1. The van der Waals surface area contributed by atoms with Crippen molar-refractivity contribution in [1.29, 1.82) is 0 Å². The number of rotatable bonds is 9. The summed E-state index contributed by atoms with van der Waals surface area (Å²) in [5.41, 5.74) is 1.72. The van der Waals surface area contributed by atoms with Crippen molar-refractivity contribution in [3.63, 3.8) is 0 Å². The van der Waals surface area contributed by atoms with Crippen molar-refractivity contribution in [2.24, 2.45) is 0 Å². The summed E-state index contributed by atoms with van der Waals surface area (Å²) in [6.45, 7) is 5.31. The minimum Gasteiger partial charge on any atom is -0.481 e. The fourth-order valence-corrected chi connectivity index (χ4v) is 8.72. The average Bonchev–Trinajstić information content (AvgIpc) is 3.53. The number of carbonyl (C=O) groups is 3. The lowest BCUT2D eigenvalue weighted by molar-refractivity contribution is -0.137. The van der Waals surface area contributed by atoms with E-state index in [0.29, 0.717) is 6.42 Å². The monoisotopic (exact) mass is 633 g/mol. The number of fused-ring (bicyclic) bond motifs is 2. The molecule has 2 fully saturated rings. The largest absolute Gasteiger partial charge is 0.481 e. The third-order valence-electron chi connectivity index (χ3n) is 6.85. The number of nitrogens with zero attached hydrogens (tertiary/aromatic N) is 3. The molecule has 2 saturated heterocycles. The summed E-state index contributed by atoms with van der Waals surface area (Å²) in [6.07, 6.45) is 5.36. The average molecular weight is 634 g/mol. The summed E-state index contributed by atoms with van der Waals surface area (Å²) in [7, 11) is 9.59. The van der Waals surface area contributed by atoms with Gasteiger partial charge in [-0.25, -0.2) is 9.69 Å². The Bertz CT molecular complexity index is 1160. The number of carboxylic acids is 1. The van der Waals surface area contributed by atoms with E-state index in [4.69, 9.17) is 9.84 Å². The zero-order chi connectivity index (χ0) is 30.7. The van der Waals surface area contributed by atoms with Crippen LogP contribution >= 0.6 is 33.3 Å². The van der Waals surface area contributed by atoms with Gasteiger partial charge in [-0.05, 0) is 84.4 Å². The molecule has 2 aromatic carbocycles. The van der Waals surface area contributed by atoms with Crippen LogP contribution in [0, 0.1) is 0 Å². The first kappa shape index (κ1) is 34.2. The van der Waals surface area contributed by atoms with Crippen molar-refractivity contribution >= 4 is 62.7 Å². The van der Waals surface area contributed by atoms with Gasteiger partial charge in [0, 0.05) is 40.8 Å². The number of carboxylic acid groups (broad SMARTS) is 1. The van der Waals surface area contributed by atoms with Crippen molar-refractivity contribution in [2.75, 3.05) is 44.9 Å². The number of unbranched alkanes of at least 4 members (excludes halogenated alkanes) is 1.